The normalized spacial score (nSPS) is 21.1. The first-order valence-electron chi connectivity index (χ1n) is 10.7. The molecule has 1 aliphatic heterocycles. The molecule has 31 heavy (non-hydrogen) atoms. The number of Topliss-reactive ketones (excluding diaryl/α,β-unsaturated/α-hetero) is 1. The van der Waals surface area contributed by atoms with Gasteiger partial charge in [-0.25, -0.2) is 4.79 Å². The number of allylic oxidation sites excluding steroid dienone is 7. The van der Waals surface area contributed by atoms with Crippen LogP contribution in [-0.4, -0.2) is 23.3 Å². The van der Waals surface area contributed by atoms with Gasteiger partial charge in [-0.15, -0.1) is 0 Å². The average Bonchev–Trinajstić information content (AvgIpc) is 2.66. The van der Waals surface area contributed by atoms with Crippen LogP contribution >= 0.6 is 0 Å². The number of dihydropyridines is 1. The number of ether oxygens (including phenoxy) is 1. The van der Waals surface area contributed by atoms with Gasteiger partial charge < -0.3 is 10.1 Å². The fourth-order valence-corrected chi connectivity index (χ4v) is 4.01. The van der Waals surface area contributed by atoms with Gasteiger partial charge in [-0.1, -0.05) is 52.3 Å². The van der Waals surface area contributed by atoms with E-state index in [2.05, 4.69) is 18.8 Å². The molecule has 168 valence electrons. The van der Waals surface area contributed by atoms with Crippen LogP contribution in [0.3, 0.4) is 0 Å². The zero-order valence-corrected chi connectivity index (χ0v) is 18.8. The quantitative estimate of drug-likeness (QED) is 0.187. The maximum absolute atomic E-state index is 13.0. The Balaban J connectivity index is 2.43. The minimum Gasteiger partial charge on any atom is -0.462 e. The summed E-state index contributed by atoms with van der Waals surface area (Å²) in [6.45, 7) is 11.7. The number of carbonyl (C=O) groups excluding carboxylic acids is 2. The SMILES string of the molecule is C=C/C(=C\C=C\C1C(C(=O)OCCCCC)=C(C)NC2=C1C(=O)CC(C)(C)C2)[N+](=O)[O-]. The zero-order valence-electron chi connectivity index (χ0n) is 18.8. The lowest BCUT2D eigenvalue weighted by Gasteiger charge is -2.38. The van der Waals surface area contributed by atoms with E-state index in [9.17, 15) is 19.7 Å². The summed E-state index contributed by atoms with van der Waals surface area (Å²) in [5, 5.41) is 14.3. The molecular formula is C24H32N2O5. The van der Waals surface area contributed by atoms with Crippen LogP contribution in [0.15, 0.2) is 59.1 Å². The number of rotatable bonds is 9. The number of hydrogen-bond donors (Lipinski definition) is 1. The number of esters is 1. The van der Waals surface area contributed by atoms with Crippen molar-refractivity contribution in [1.29, 1.82) is 0 Å². The first-order chi connectivity index (χ1) is 14.6. The van der Waals surface area contributed by atoms with E-state index < -0.39 is 16.8 Å². The highest BCUT2D eigenvalue weighted by Gasteiger charge is 2.41. The van der Waals surface area contributed by atoms with Crippen LogP contribution in [0.5, 0.6) is 0 Å². The van der Waals surface area contributed by atoms with Crippen LogP contribution < -0.4 is 5.32 Å². The fourth-order valence-electron chi connectivity index (χ4n) is 4.01. The van der Waals surface area contributed by atoms with Crippen molar-refractivity contribution in [3.05, 3.63) is 69.2 Å². The molecule has 0 aromatic heterocycles. The van der Waals surface area contributed by atoms with Crippen LogP contribution in [0.2, 0.25) is 0 Å². The topological polar surface area (TPSA) is 98.5 Å². The van der Waals surface area contributed by atoms with E-state index in [1.807, 2.05) is 13.8 Å². The molecule has 0 amide bonds. The van der Waals surface area contributed by atoms with Crippen molar-refractivity contribution in [3.63, 3.8) is 0 Å². The first-order valence-corrected chi connectivity index (χ1v) is 10.7. The highest BCUT2D eigenvalue weighted by molar-refractivity contribution is 6.03. The maximum Gasteiger partial charge on any atom is 0.336 e. The summed E-state index contributed by atoms with van der Waals surface area (Å²) >= 11 is 0. The number of nitrogens with zero attached hydrogens (tertiary/aromatic N) is 1. The fraction of sp³-hybridized carbons (Fsp3) is 0.500. The van der Waals surface area contributed by atoms with Crippen LogP contribution in [0.4, 0.5) is 0 Å². The summed E-state index contributed by atoms with van der Waals surface area (Å²) < 4.78 is 5.48. The lowest BCUT2D eigenvalue weighted by molar-refractivity contribution is -0.418. The summed E-state index contributed by atoms with van der Waals surface area (Å²) in [4.78, 5) is 36.5. The van der Waals surface area contributed by atoms with E-state index in [-0.39, 0.29) is 16.9 Å². The summed E-state index contributed by atoms with van der Waals surface area (Å²) in [5.41, 5.74) is 2.00. The van der Waals surface area contributed by atoms with Gasteiger partial charge in [0.1, 0.15) is 0 Å². The molecule has 0 saturated carbocycles. The summed E-state index contributed by atoms with van der Waals surface area (Å²) in [5.74, 6) is -1.12. The molecule has 0 spiro atoms. The number of unbranched alkanes of at least 4 members (excludes halogenated alkanes) is 2. The third kappa shape index (κ3) is 6.03. The minimum atomic E-state index is -0.618. The minimum absolute atomic E-state index is 0.0283. The maximum atomic E-state index is 13.0. The Bertz CT molecular complexity index is 890. The monoisotopic (exact) mass is 428 g/mol. The van der Waals surface area contributed by atoms with E-state index in [0.29, 0.717) is 36.3 Å². The second kappa shape index (κ2) is 10.4. The van der Waals surface area contributed by atoms with Gasteiger partial charge >= 0.3 is 5.97 Å². The molecule has 0 aromatic rings. The highest BCUT2D eigenvalue weighted by atomic mass is 16.6. The molecule has 1 unspecified atom stereocenters. The van der Waals surface area contributed by atoms with Gasteiger partial charge in [0.25, 0.3) is 5.70 Å². The van der Waals surface area contributed by atoms with Crippen LogP contribution in [0.25, 0.3) is 0 Å². The highest BCUT2D eigenvalue weighted by Crippen LogP contribution is 2.43. The van der Waals surface area contributed by atoms with E-state index in [4.69, 9.17) is 4.74 Å². The number of carbonyl (C=O) groups is 2. The van der Waals surface area contributed by atoms with Crippen molar-refractivity contribution in [3.8, 4) is 0 Å². The molecule has 7 heteroatoms. The lowest BCUT2D eigenvalue weighted by Crippen LogP contribution is -2.39. The molecule has 0 fully saturated rings. The lowest BCUT2D eigenvalue weighted by atomic mass is 9.70. The van der Waals surface area contributed by atoms with E-state index >= 15 is 0 Å². The van der Waals surface area contributed by atoms with Gasteiger partial charge in [-0.05, 0) is 25.2 Å². The zero-order chi connectivity index (χ0) is 23.2. The van der Waals surface area contributed by atoms with Gasteiger partial charge in [-0.3, -0.25) is 14.9 Å². The smallest absolute Gasteiger partial charge is 0.336 e. The van der Waals surface area contributed by atoms with Gasteiger partial charge in [0, 0.05) is 41.5 Å². The van der Waals surface area contributed by atoms with E-state index in [0.717, 1.165) is 31.0 Å². The Morgan fingerprint density at radius 1 is 1.35 bits per heavy atom. The predicted molar refractivity (Wildman–Crippen MR) is 119 cm³/mol. The Labute approximate surface area is 183 Å². The molecule has 1 heterocycles. The van der Waals surface area contributed by atoms with Gasteiger partial charge in [0.2, 0.25) is 0 Å². The van der Waals surface area contributed by atoms with Gasteiger partial charge in [0.15, 0.2) is 5.78 Å². The van der Waals surface area contributed by atoms with Gasteiger partial charge in [0.05, 0.1) is 17.1 Å². The molecule has 1 N–H and O–H groups in total. The molecule has 2 rings (SSSR count). The third-order valence-electron chi connectivity index (χ3n) is 5.48. The van der Waals surface area contributed by atoms with Gasteiger partial charge in [-0.2, -0.15) is 0 Å². The third-order valence-corrected chi connectivity index (χ3v) is 5.48. The van der Waals surface area contributed by atoms with Crippen molar-refractivity contribution in [2.75, 3.05) is 6.61 Å². The second-order valence-corrected chi connectivity index (χ2v) is 8.76. The Kier molecular flexibility index (Phi) is 8.14. The number of nitrogens with one attached hydrogen (secondary N) is 1. The van der Waals surface area contributed by atoms with Crippen molar-refractivity contribution in [2.24, 2.45) is 11.3 Å². The summed E-state index contributed by atoms with van der Waals surface area (Å²) in [6, 6.07) is 0. The van der Waals surface area contributed by atoms with E-state index in [1.165, 1.54) is 12.2 Å². The summed E-state index contributed by atoms with van der Waals surface area (Å²) in [7, 11) is 0. The largest absolute Gasteiger partial charge is 0.462 e. The molecule has 0 radical (unpaired) electrons. The van der Waals surface area contributed by atoms with Crippen LogP contribution in [-0.2, 0) is 14.3 Å². The van der Waals surface area contributed by atoms with Crippen molar-refractivity contribution in [1.82, 2.24) is 5.32 Å². The Morgan fingerprint density at radius 2 is 2.06 bits per heavy atom. The van der Waals surface area contributed by atoms with Crippen molar-refractivity contribution < 1.29 is 19.2 Å². The first kappa shape index (κ1) is 24.3. The standard InChI is InChI=1S/C24H32N2O5/c1-6-8-9-13-31-23(28)21-16(3)25-19-14-24(4,5)15-20(27)22(19)18(21)12-10-11-17(7-2)26(29)30/h7,10-12,18,25H,2,6,8-9,13-15H2,1,3-5H3/b12-10+,17-11+. The Morgan fingerprint density at radius 3 is 2.68 bits per heavy atom. The molecule has 1 aliphatic carbocycles. The summed E-state index contributed by atoms with van der Waals surface area (Å²) in [6.07, 6.45) is 9.43. The molecule has 0 bridgehead atoms. The average molecular weight is 429 g/mol. The predicted octanol–water partition coefficient (Wildman–Crippen LogP) is 4.76. The Hall–Kier alpha value is -2.96. The molecule has 7 nitrogen and oxygen atoms in total. The van der Waals surface area contributed by atoms with Crippen LogP contribution in [0, 0.1) is 21.4 Å². The molecule has 0 aromatic carbocycles. The molecule has 2 aliphatic rings. The molecule has 0 saturated heterocycles. The number of hydrogen-bond acceptors (Lipinski definition) is 6. The molecular weight excluding hydrogens is 396 g/mol. The van der Waals surface area contributed by atoms with Crippen molar-refractivity contribution >= 4 is 11.8 Å². The second-order valence-electron chi connectivity index (χ2n) is 8.76. The number of nitro groups is 1. The molecule has 1 atom stereocenters. The van der Waals surface area contributed by atoms with E-state index in [1.54, 1.807) is 13.0 Å². The van der Waals surface area contributed by atoms with Crippen LogP contribution in [0.1, 0.15) is 59.8 Å². The van der Waals surface area contributed by atoms with Crippen molar-refractivity contribution in [2.45, 2.75) is 59.8 Å². The number of ketones is 1.